The summed E-state index contributed by atoms with van der Waals surface area (Å²) in [7, 11) is 0. The van der Waals surface area contributed by atoms with Gasteiger partial charge in [0.05, 0.1) is 118 Å². The summed E-state index contributed by atoms with van der Waals surface area (Å²) in [5, 5.41) is 7.66. The van der Waals surface area contributed by atoms with Crippen LogP contribution in [0.4, 0.5) is 0 Å². The summed E-state index contributed by atoms with van der Waals surface area (Å²) in [4.78, 5) is 111. The molecule has 0 spiro atoms. The Labute approximate surface area is 427 Å². The standard InChI is InChI=1S/C49H78N6O18/c1-4-52-44(59)14-13-41(48(51)63)54-45(60)16-18-66-20-22-68-24-26-70-28-30-72-32-31-71-29-27-69-25-23-67-21-19-65-17-8-11-40(56)12-15-46(61)55(35-43(50)58)34-42(57)38(3)53-49(64)37(2)33-47(62)73-36-39-9-6-5-7-10-39/h5-7,9-10,12,15,37-38,41H,4,8,11,13-14,16-36H2,1-3H3,(H2,50,58)(H2,51,63)(H,52,59)(H,53,64)(H,54,60)/b15-12+/t37-,38+,41+/m1/s1. The minimum Gasteiger partial charge on any atom is -0.461 e. The van der Waals surface area contributed by atoms with E-state index >= 15 is 0 Å². The molecule has 24 heteroatoms. The molecule has 73 heavy (non-hydrogen) atoms. The van der Waals surface area contributed by atoms with Crippen LogP contribution in [-0.2, 0) is 92.4 Å². The topological polar surface area (TPSA) is 328 Å². The number of nitrogens with two attached hydrogens (primary N) is 2. The van der Waals surface area contributed by atoms with Crippen LogP contribution < -0.4 is 27.4 Å². The first-order valence-electron chi connectivity index (χ1n) is 24.4. The van der Waals surface area contributed by atoms with E-state index in [0.29, 0.717) is 98.9 Å². The maximum atomic E-state index is 12.9. The molecule has 0 saturated carbocycles. The number of hydrogen-bond acceptors (Lipinski definition) is 18. The van der Waals surface area contributed by atoms with Gasteiger partial charge in [-0.15, -0.1) is 0 Å². The van der Waals surface area contributed by atoms with E-state index in [1.165, 1.54) is 13.8 Å². The lowest BCUT2D eigenvalue weighted by Crippen LogP contribution is -2.48. The Morgan fingerprint density at radius 2 is 1.11 bits per heavy atom. The molecule has 1 aromatic carbocycles. The van der Waals surface area contributed by atoms with Crippen LogP contribution in [0, 0.1) is 5.92 Å². The molecule has 0 aliphatic rings. The summed E-state index contributed by atoms with van der Waals surface area (Å²) in [5.41, 5.74) is 11.4. The third-order valence-electron chi connectivity index (χ3n) is 9.92. The molecule has 0 aliphatic heterocycles. The van der Waals surface area contributed by atoms with Crippen molar-refractivity contribution >= 4 is 53.0 Å². The smallest absolute Gasteiger partial charge is 0.306 e. The highest BCUT2D eigenvalue weighted by molar-refractivity contribution is 6.01. The number of benzene rings is 1. The van der Waals surface area contributed by atoms with Crippen molar-refractivity contribution in [2.75, 3.05) is 125 Å². The van der Waals surface area contributed by atoms with E-state index < -0.39 is 72.4 Å². The second kappa shape index (κ2) is 42.7. The van der Waals surface area contributed by atoms with Crippen molar-refractivity contribution in [2.45, 2.75) is 78.0 Å². The maximum Gasteiger partial charge on any atom is 0.306 e. The average Bonchev–Trinajstić information content (AvgIpc) is 3.35. The van der Waals surface area contributed by atoms with Crippen LogP contribution in [0.5, 0.6) is 0 Å². The molecule has 0 aromatic heterocycles. The number of Topliss-reactive ketones (excluding diaryl/α,β-unsaturated/α-hetero) is 1. The number of rotatable bonds is 47. The number of ketones is 2. The largest absolute Gasteiger partial charge is 0.461 e. The van der Waals surface area contributed by atoms with Gasteiger partial charge in [-0.3, -0.25) is 43.2 Å². The van der Waals surface area contributed by atoms with Crippen LogP contribution >= 0.6 is 0 Å². The van der Waals surface area contributed by atoms with E-state index in [2.05, 4.69) is 16.0 Å². The molecule has 0 unspecified atom stereocenters. The Balaban J connectivity index is 2.00. The van der Waals surface area contributed by atoms with E-state index in [1.807, 2.05) is 18.2 Å². The van der Waals surface area contributed by atoms with Gasteiger partial charge in [0.2, 0.25) is 35.4 Å². The number of carbonyl (C=O) groups is 9. The minimum atomic E-state index is -1.07. The van der Waals surface area contributed by atoms with Gasteiger partial charge in [-0.1, -0.05) is 37.3 Å². The van der Waals surface area contributed by atoms with Gasteiger partial charge in [-0.05, 0) is 38.3 Å². The highest BCUT2D eigenvalue weighted by Crippen LogP contribution is 2.08. The Hall–Kier alpha value is -5.73. The number of nitrogens with zero attached hydrogens (tertiary/aromatic N) is 1. The molecule has 6 amide bonds. The predicted molar refractivity (Wildman–Crippen MR) is 262 cm³/mol. The fourth-order valence-electron chi connectivity index (χ4n) is 5.92. The number of nitrogens with one attached hydrogen (secondary N) is 3. The van der Waals surface area contributed by atoms with Crippen LogP contribution in [-0.4, -0.2) is 195 Å². The first-order chi connectivity index (χ1) is 35.1. The molecule has 1 rings (SSSR count). The van der Waals surface area contributed by atoms with E-state index in [4.69, 9.17) is 54.1 Å². The van der Waals surface area contributed by atoms with Gasteiger partial charge in [0.25, 0.3) is 0 Å². The van der Waals surface area contributed by atoms with Crippen molar-refractivity contribution in [3.63, 3.8) is 0 Å². The zero-order valence-electron chi connectivity index (χ0n) is 42.6. The number of amides is 6. The van der Waals surface area contributed by atoms with Crippen molar-refractivity contribution < 1.29 is 85.8 Å². The summed E-state index contributed by atoms with van der Waals surface area (Å²) >= 11 is 0. The Morgan fingerprint density at radius 3 is 1.60 bits per heavy atom. The number of hydrogen-bond donors (Lipinski definition) is 5. The van der Waals surface area contributed by atoms with Gasteiger partial charge < -0.3 is 74.9 Å². The lowest BCUT2D eigenvalue weighted by molar-refractivity contribution is -0.148. The number of carbonyl (C=O) groups excluding carboxylic acids is 9. The first kappa shape index (κ1) is 65.3. The second-order valence-electron chi connectivity index (χ2n) is 16.2. The molecule has 0 bridgehead atoms. The molecule has 7 N–H and O–H groups in total. The number of allylic oxidation sites excluding steroid dienone is 1. The summed E-state index contributed by atoms with van der Waals surface area (Å²) in [6, 6.07) is 7.05. The zero-order chi connectivity index (χ0) is 53.9. The first-order valence-corrected chi connectivity index (χ1v) is 24.4. The lowest BCUT2D eigenvalue weighted by atomic mass is 10.1. The van der Waals surface area contributed by atoms with Gasteiger partial charge in [0.1, 0.15) is 19.2 Å². The predicted octanol–water partition coefficient (Wildman–Crippen LogP) is -0.542. The molecular weight excluding hydrogens is 961 g/mol. The Bertz CT molecular complexity index is 1810. The SMILES string of the molecule is CCNC(=O)CC[C@H](NC(=O)CCOCCOCCOCCOCCOCCOCCOCCOCCCC(=O)/C=C/C(=O)N(CC(N)=O)CC(=O)[C@H](C)NC(=O)[C@H](C)CC(=O)OCc1ccccc1)C(N)=O. The van der Waals surface area contributed by atoms with Gasteiger partial charge in [-0.2, -0.15) is 0 Å². The van der Waals surface area contributed by atoms with Crippen LogP contribution in [0.15, 0.2) is 42.5 Å². The van der Waals surface area contributed by atoms with E-state index in [0.717, 1.165) is 22.6 Å². The van der Waals surface area contributed by atoms with E-state index in [1.54, 1.807) is 19.1 Å². The minimum absolute atomic E-state index is 0.0319. The van der Waals surface area contributed by atoms with Crippen LogP contribution in [0.1, 0.15) is 64.9 Å². The summed E-state index contributed by atoms with van der Waals surface area (Å²) in [6.45, 7) is 9.50. The van der Waals surface area contributed by atoms with Crippen molar-refractivity contribution in [3.8, 4) is 0 Å². The van der Waals surface area contributed by atoms with Gasteiger partial charge in [0.15, 0.2) is 11.6 Å². The van der Waals surface area contributed by atoms with Crippen molar-refractivity contribution in [2.24, 2.45) is 17.4 Å². The van der Waals surface area contributed by atoms with Crippen LogP contribution in [0.2, 0.25) is 0 Å². The van der Waals surface area contributed by atoms with E-state index in [-0.39, 0.29) is 70.2 Å². The van der Waals surface area contributed by atoms with Gasteiger partial charge in [-0.25, -0.2) is 0 Å². The van der Waals surface area contributed by atoms with Crippen molar-refractivity contribution in [1.82, 2.24) is 20.9 Å². The summed E-state index contributed by atoms with van der Waals surface area (Å²) in [6.07, 6.45) is 2.47. The molecule has 1 aromatic rings. The lowest BCUT2D eigenvalue weighted by Gasteiger charge is -2.22. The highest BCUT2D eigenvalue weighted by Gasteiger charge is 2.26. The number of esters is 1. The van der Waals surface area contributed by atoms with Crippen LogP contribution in [0.25, 0.3) is 0 Å². The fraction of sp³-hybridized carbons (Fsp3) is 0.653. The molecule has 412 valence electrons. The molecule has 0 aliphatic carbocycles. The molecule has 0 fully saturated rings. The monoisotopic (exact) mass is 1040 g/mol. The van der Waals surface area contributed by atoms with Gasteiger partial charge >= 0.3 is 5.97 Å². The Morgan fingerprint density at radius 1 is 0.603 bits per heavy atom. The molecule has 24 nitrogen and oxygen atoms in total. The van der Waals surface area contributed by atoms with Crippen molar-refractivity contribution in [1.29, 1.82) is 0 Å². The third-order valence-corrected chi connectivity index (χ3v) is 9.92. The zero-order valence-corrected chi connectivity index (χ0v) is 42.6. The highest BCUT2D eigenvalue weighted by atomic mass is 16.6. The number of ether oxygens (including phenoxy) is 9. The maximum absolute atomic E-state index is 12.9. The Kier molecular flexibility index (Phi) is 38.2. The van der Waals surface area contributed by atoms with Gasteiger partial charge in [0, 0.05) is 44.4 Å². The second-order valence-corrected chi connectivity index (χ2v) is 16.2. The van der Waals surface area contributed by atoms with Crippen LogP contribution in [0.3, 0.4) is 0 Å². The number of primary amides is 2. The molecular formula is C49H78N6O18. The molecule has 0 saturated heterocycles. The third kappa shape index (κ3) is 36.8. The molecule has 0 heterocycles. The summed E-state index contributed by atoms with van der Waals surface area (Å²) < 4.78 is 48.8. The van der Waals surface area contributed by atoms with E-state index in [9.17, 15) is 43.2 Å². The van der Waals surface area contributed by atoms with Crippen molar-refractivity contribution in [3.05, 3.63) is 48.0 Å². The molecule has 3 atom stereocenters. The normalized spacial score (nSPS) is 12.4. The molecule has 0 radical (unpaired) electrons. The quantitative estimate of drug-likeness (QED) is 0.0311. The average molecular weight is 1040 g/mol. The summed E-state index contributed by atoms with van der Waals surface area (Å²) in [5.74, 6) is -5.95. The fourth-order valence-corrected chi connectivity index (χ4v) is 5.92.